The third-order valence-electron chi connectivity index (χ3n) is 5.16. The summed E-state index contributed by atoms with van der Waals surface area (Å²) in [6.45, 7) is 8.31. The van der Waals surface area contributed by atoms with E-state index in [2.05, 4.69) is 5.32 Å². The molecule has 0 aliphatic heterocycles. The van der Waals surface area contributed by atoms with Crippen LogP contribution in [-0.2, 0) is 5.41 Å². The molecular formula is C17H30F3N5. The van der Waals surface area contributed by atoms with E-state index >= 15 is 0 Å². The Morgan fingerprint density at radius 3 is 1.60 bits per heavy atom. The van der Waals surface area contributed by atoms with Gasteiger partial charge < -0.3 is 28.3 Å². The summed E-state index contributed by atoms with van der Waals surface area (Å²) in [7, 11) is 0. The van der Waals surface area contributed by atoms with Crippen LogP contribution in [0.25, 0.3) is 0 Å². The van der Waals surface area contributed by atoms with Crippen molar-refractivity contribution >= 4 is 28.4 Å². The van der Waals surface area contributed by atoms with Gasteiger partial charge in [0.15, 0.2) is 0 Å². The molecule has 0 heterocycles. The Hall–Kier alpha value is -1.99. The van der Waals surface area contributed by atoms with Gasteiger partial charge >= 0.3 is 6.18 Å². The third-order valence-corrected chi connectivity index (χ3v) is 5.16. The van der Waals surface area contributed by atoms with Crippen LogP contribution in [0.5, 0.6) is 0 Å². The Bertz CT molecular complexity index is 599. The van der Waals surface area contributed by atoms with Gasteiger partial charge in [0.2, 0.25) is 0 Å². The highest BCUT2D eigenvalue weighted by Crippen LogP contribution is 2.56. The number of nitrogens with one attached hydrogen (secondary N) is 1. The molecule has 0 saturated heterocycles. The average molecular weight is 361 g/mol. The Kier molecular flexibility index (Phi) is 5.97. The van der Waals surface area contributed by atoms with Crippen LogP contribution in [0.4, 0.5) is 41.6 Å². The summed E-state index contributed by atoms with van der Waals surface area (Å²) in [5.74, 6) is -0.797. The topological polar surface area (TPSA) is 116 Å². The van der Waals surface area contributed by atoms with Crippen LogP contribution in [-0.4, -0.2) is 12.2 Å². The molecule has 2 unspecified atom stereocenters. The minimum atomic E-state index is -4.55. The van der Waals surface area contributed by atoms with Gasteiger partial charge in [0.1, 0.15) is 0 Å². The second-order valence-electron chi connectivity index (χ2n) is 6.84. The summed E-state index contributed by atoms with van der Waals surface area (Å²) in [5, 5.41) is 3.08. The molecule has 8 heteroatoms. The molecule has 0 bridgehead atoms. The van der Waals surface area contributed by atoms with Gasteiger partial charge in [-0.25, -0.2) is 0 Å². The Morgan fingerprint density at radius 2 is 1.32 bits per heavy atom. The smallest absolute Gasteiger partial charge is 0.397 e. The van der Waals surface area contributed by atoms with E-state index in [0.29, 0.717) is 5.69 Å². The Morgan fingerprint density at radius 1 is 0.880 bits per heavy atom. The molecule has 1 aromatic carbocycles. The number of benzene rings is 1. The molecular weight excluding hydrogens is 331 g/mol. The van der Waals surface area contributed by atoms with Gasteiger partial charge in [-0.2, -0.15) is 13.2 Å². The van der Waals surface area contributed by atoms with Gasteiger partial charge in [0.25, 0.3) is 0 Å². The predicted molar refractivity (Wildman–Crippen MR) is 100 cm³/mol. The SMILES string of the molecule is CCC(C)Nc1c(N)c(N)c(C(CC)(C(C)C)C(F)(F)F)c(N)c1N. The van der Waals surface area contributed by atoms with Crippen molar-refractivity contribution in [2.75, 3.05) is 28.3 Å². The highest BCUT2D eigenvalue weighted by Gasteiger charge is 2.58. The Labute approximate surface area is 147 Å². The zero-order valence-corrected chi connectivity index (χ0v) is 15.5. The lowest BCUT2D eigenvalue weighted by Crippen LogP contribution is -2.47. The number of anilines is 5. The van der Waals surface area contributed by atoms with Crippen molar-refractivity contribution in [2.24, 2.45) is 5.92 Å². The first-order valence-electron chi connectivity index (χ1n) is 8.46. The maximum absolute atomic E-state index is 14.1. The van der Waals surface area contributed by atoms with E-state index in [1.807, 2.05) is 13.8 Å². The number of nitrogens with two attached hydrogens (primary N) is 4. The molecule has 1 rings (SSSR count). The van der Waals surface area contributed by atoms with Crippen molar-refractivity contribution in [1.82, 2.24) is 0 Å². The van der Waals surface area contributed by atoms with Gasteiger partial charge in [-0.3, -0.25) is 0 Å². The molecule has 5 nitrogen and oxygen atoms in total. The van der Waals surface area contributed by atoms with Crippen LogP contribution >= 0.6 is 0 Å². The van der Waals surface area contributed by atoms with Gasteiger partial charge in [-0.15, -0.1) is 0 Å². The molecule has 0 saturated carbocycles. The van der Waals surface area contributed by atoms with Crippen molar-refractivity contribution in [3.63, 3.8) is 0 Å². The minimum Gasteiger partial charge on any atom is -0.397 e. The number of halogens is 3. The number of rotatable bonds is 6. The molecule has 25 heavy (non-hydrogen) atoms. The number of hydrogen-bond acceptors (Lipinski definition) is 5. The van der Waals surface area contributed by atoms with E-state index in [1.165, 1.54) is 20.8 Å². The zero-order chi connectivity index (χ0) is 19.7. The second kappa shape index (κ2) is 7.09. The van der Waals surface area contributed by atoms with E-state index < -0.39 is 17.5 Å². The summed E-state index contributed by atoms with van der Waals surface area (Å²) in [5.41, 5.74) is 21.8. The summed E-state index contributed by atoms with van der Waals surface area (Å²) >= 11 is 0. The van der Waals surface area contributed by atoms with Gasteiger partial charge in [-0.05, 0) is 25.7 Å². The van der Waals surface area contributed by atoms with E-state index in [4.69, 9.17) is 22.9 Å². The number of nitrogen functional groups attached to an aromatic ring is 4. The third kappa shape index (κ3) is 3.26. The first-order valence-corrected chi connectivity index (χ1v) is 8.46. The van der Waals surface area contributed by atoms with E-state index in [-0.39, 0.29) is 40.8 Å². The minimum absolute atomic E-state index is 0.00438. The molecule has 0 aliphatic rings. The maximum Gasteiger partial charge on any atom is 0.398 e. The van der Waals surface area contributed by atoms with Crippen LogP contribution < -0.4 is 28.3 Å². The molecule has 0 fully saturated rings. The first-order chi connectivity index (χ1) is 11.4. The fourth-order valence-electron chi connectivity index (χ4n) is 3.36. The predicted octanol–water partition coefficient (Wildman–Crippen LogP) is 4.09. The number of alkyl halides is 3. The molecule has 0 amide bonds. The van der Waals surface area contributed by atoms with Crippen LogP contribution in [0.3, 0.4) is 0 Å². The summed E-state index contributed by atoms with van der Waals surface area (Å²) < 4.78 is 42.3. The van der Waals surface area contributed by atoms with Crippen LogP contribution in [0, 0.1) is 5.92 Å². The standard InChI is InChI=1S/C17H30F3N5/c1-6-9(5)25-15-13(23)11(21)10(12(22)14(15)24)16(7-2,8(3)4)17(18,19)20/h8-9,25H,6-7,21-24H2,1-5H3. The lowest BCUT2D eigenvalue weighted by molar-refractivity contribution is -0.204. The lowest BCUT2D eigenvalue weighted by atomic mass is 9.67. The first kappa shape index (κ1) is 21.1. The zero-order valence-electron chi connectivity index (χ0n) is 15.5. The molecule has 9 N–H and O–H groups in total. The summed E-state index contributed by atoms with van der Waals surface area (Å²) in [4.78, 5) is 0. The molecule has 0 aliphatic carbocycles. The van der Waals surface area contributed by atoms with Crippen LogP contribution in [0.2, 0.25) is 0 Å². The van der Waals surface area contributed by atoms with Crippen molar-refractivity contribution in [3.8, 4) is 0 Å². The number of hydrogen-bond donors (Lipinski definition) is 5. The Balaban J connectivity index is 3.83. The molecule has 2 atom stereocenters. The van der Waals surface area contributed by atoms with Gasteiger partial charge in [0.05, 0.1) is 33.9 Å². The quantitative estimate of drug-likeness (QED) is 0.489. The largest absolute Gasteiger partial charge is 0.398 e. The normalized spacial score (nSPS) is 15.9. The fourth-order valence-corrected chi connectivity index (χ4v) is 3.36. The summed E-state index contributed by atoms with van der Waals surface area (Å²) in [6, 6.07) is 0.0119. The highest BCUT2D eigenvalue weighted by atomic mass is 19.4. The van der Waals surface area contributed by atoms with E-state index in [1.54, 1.807) is 0 Å². The van der Waals surface area contributed by atoms with Crippen LogP contribution in [0.1, 0.15) is 53.0 Å². The van der Waals surface area contributed by atoms with Crippen molar-refractivity contribution < 1.29 is 13.2 Å². The van der Waals surface area contributed by atoms with E-state index in [9.17, 15) is 13.2 Å². The van der Waals surface area contributed by atoms with Gasteiger partial charge in [0, 0.05) is 11.6 Å². The molecule has 0 spiro atoms. The van der Waals surface area contributed by atoms with Crippen LogP contribution in [0.15, 0.2) is 0 Å². The fraction of sp³-hybridized carbons (Fsp3) is 0.647. The summed E-state index contributed by atoms with van der Waals surface area (Å²) in [6.07, 6.45) is -4.00. The maximum atomic E-state index is 14.1. The molecule has 1 aromatic rings. The average Bonchev–Trinajstić information content (AvgIpc) is 2.51. The van der Waals surface area contributed by atoms with E-state index in [0.717, 1.165) is 6.42 Å². The van der Waals surface area contributed by atoms with Crippen molar-refractivity contribution in [1.29, 1.82) is 0 Å². The molecule has 0 radical (unpaired) electrons. The van der Waals surface area contributed by atoms with Crippen molar-refractivity contribution in [2.45, 2.75) is 65.1 Å². The van der Waals surface area contributed by atoms with Crippen molar-refractivity contribution in [3.05, 3.63) is 5.56 Å². The lowest BCUT2D eigenvalue weighted by Gasteiger charge is -2.41. The van der Waals surface area contributed by atoms with Gasteiger partial charge in [-0.1, -0.05) is 27.7 Å². The monoisotopic (exact) mass is 361 g/mol. The molecule has 0 aromatic heterocycles. The molecule has 144 valence electrons. The highest BCUT2D eigenvalue weighted by molar-refractivity contribution is 5.98. The second-order valence-corrected chi connectivity index (χ2v) is 6.84.